The van der Waals surface area contributed by atoms with Crippen LogP contribution in [0.15, 0.2) is 279 Å². The maximum atomic E-state index is 5.02. The van der Waals surface area contributed by atoms with Crippen LogP contribution < -0.4 is 0 Å². The Labute approximate surface area is 823 Å². The molecule has 0 spiro atoms. The minimum absolute atomic E-state index is 0. The molecule has 0 N–H and O–H groups in total. The molecule has 0 saturated heterocycles. The van der Waals surface area contributed by atoms with Crippen molar-refractivity contribution in [3.63, 3.8) is 0 Å². The number of aromatic nitrogens is 4. The summed E-state index contributed by atoms with van der Waals surface area (Å²) >= 11 is 0. The average molecular weight is 1890 g/mol. The number of benzene rings is 10. The fourth-order valence-electron chi connectivity index (χ4n) is 15.5. The molecule has 0 saturated carbocycles. The largest absolute Gasteiger partial charge is 3.00 e. The summed E-state index contributed by atoms with van der Waals surface area (Å²) in [6.07, 6.45) is 0. The van der Waals surface area contributed by atoms with Crippen molar-refractivity contribution in [2.45, 2.75) is 227 Å². The summed E-state index contributed by atoms with van der Waals surface area (Å²) in [4.78, 5) is 19.6. The summed E-state index contributed by atoms with van der Waals surface area (Å²) in [6.45, 7) is 56.8. The number of pyridine rings is 4. The van der Waals surface area contributed by atoms with Gasteiger partial charge >= 0.3 is 69.4 Å². The van der Waals surface area contributed by atoms with Gasteiger partial charge in [-0.05, 0) is 273 Å². The van der Waals surface area contributed by atoms with E-state index in [1.807, 2.05) is 60.7 Å². The van der Waals surface area contributed by atoms with E-state index in [1.54, 1.807) is 0 Å². The van der Waals surface area contributed by atoms with Gasteiger partial charge in [-0.1, -0.05) is 424 Å². The van der Waals surface area contributed by atoms with Crippen LogP contribution >= 0.6 is 0 Å². The van der Waals surface area contributed by atoms with Crippen LogP contribution in [0.4, 0.5) is 46.0 Å². The number of nitrogens with zero attached hydrogens (tertiary/aromatic N) is 8. The van der Waals surface area contributed by atoms with E-state index in [1.165, 1.54) is 122 Å². The van der Waals surface area contributed by atoms with Gasteiger partial charge in [-0.15, -0.1) is 0 Å². The van der Waals surface area contributed by atoms with Crippen molar-refractivity contribution < 1.29 is 91.3 Å². The summed E-state index contributed by atoms with van der Waals surface area (Å²) < 4.78 is 0. The molecule has 0 fully saturated rings. The number of aryl methyl sites for hydroxylation is 10. The molecule has 130 heavy (non-hydrogen) atoms. The standard InChI is InChI=1S/4C25H29N2.2C7H8.4Cr.4O/c4*1-16(2)20-12-8-13-21(17(3)4)25(20)27-23-15-9-14-22(26-23)24-18(5)10-7-11-19(24)6;2*1-7-5-3-2-4-6-7;;;;;;;;/h4*7-17H,1-6H3;2*2-6H,1H3;;;;;;;;/q4*-1;;;4*+3;4*-2. The number of rotatable bonds is 20. The maximum absolute atomic E-state index is 5.02. The molecule has 10 aromatic carbocycles. The fourth-order valence-corrected chi connectivity index (χ4v) is 15.5. The van der Waals surface area contributed by atoms with Gasteiger partial charge in [0, 0.05) is 0 Å². The van der Waals surface area contributed by atoms with Gasteiger partial charge in [-0.25, -0.2) is 0 Å². The molecule has 0 atom stereocenters. The van der Waals surface area contributed by atoms with E-state index < -0.39 is 0 Å². The second kappa shape index (κ2) is 57.3. The van der Waals surface area contributed by atoms with Crippen LogP contribution in [0.3, 0.4) is 0 Å². The molecule has 12 nitrogen and oxygen atoms in total. The van der Waals surface area contributed by atoms with E-state index in [0.29, 0.717) is 47.3 Å². The van der Waals surface area contributed by atoms with Crippen LogP contribution in [0.5, 0.6) is 0 Å². The zero-order valence-electron chi connectivity index (χ0n) is 81.0. The molecule has 14 aromatic rings. The Bertz CT molecular complexity index is 4890. The van der Waals surface area contributed by atoms with Crippen molar-refractivity contribution in [2.24, 2.45) is 0 Å². The van der Waals surface area contributed by atoms with E-state index in [4.69, 9.17) is 41.2 Å². The Morgan fingerprint density at radius 2 is 0.308 bits per heavy atom. The quantitative estimate of drug-likeness (QED) is 0.0726. The van der Waals surface area contributed by atoms with Crippen LogP contribution in [0, 0.1) is 69.2 Å². The zero-order chi connectivity index (χ0) is 88.4. The molecule has 0 bridgehead atoms. The van der Waals surface area contributed by atoms with Crippen LogP contribution in [0.1, 0.15) is 258 Å². The summed E-state index contributed by atoms with van der Waals surface area (Å²) in [7, 11) is 0. The molecule has 16 heteroatoms. The maximum Gasteiger partial charge on any atom is 3.00 e. The van der Waals surface area contributed by atoms with E-state index >= 15 is 0 Å². The predicted octanol–water partition coefficient (Wildman–Crippen LogP) is 35.3. The minimum atomic E-state index is 0. The topological polar surface area (TPSA) is 222 Å². The molecule has 4 aromatic heterocycles. The molecule has 0 unspecified atom stereocenters. The van der Waals surface area contributed by atoms with Gasteiger partial charge in [0.05, 0.1) is 0 Å². The van der Waals surface area contributed by atoms with Crippen LogP contribution in [0.25, 0.3) is 66.3 Å². The molecule has 0 aliphatic carbocycles. The Kier molecular flexibility index (Phi) is 52.0. The zero-order valence-corrected chi connectivity index (χ0v) is 86.1. The monoisotopic (exact) mass is 1880 g/mol. The molecule has 4 heterocycles. The Morgan fingerprint density at radius 1 is 0.169 bits per heavy atom. The van der Waals surface area contributed by atoms with Gasteiger partial charge in [0.15, 0.2) is 0 Å². The van der Waals surface area contributed by atoms with Gasteiger partial charge in [0.25, 0.3) is 0 Å². The third kappa shape index (κ3) is 32.8. The molecule has 14 rings (SSSR count). The molecular weight excluding hydrogens is 1750 g/mol. The first-order valence-electron chi connectivity index (χ1n) is 43.9. The Morgan fingerprint density at radius 3 is 0.438 bits per heavy atom. The molecule has 0 amide bonds. The molecule has 0 aliphatic rings. The number of hydrogen-bond acceptors (Lipinski definition) is 4. The van der Waals surface area contributed by atoms with Crippen LogP contribution in [-0.4, -0.2) is 19.9 Å². The van der Waals surface area contributed by atoms with Crippen LogP contribution in [0.2, 0.25) is 0 Å². The first-order chi connectivity index (χ1) is 58.3. The van der Waals surface area contributed by atoms with Gasteiger partial charge in [-0.3, -0.25) is 0 Å². The number of para-hydroxylation sites is 4. The molecule has 4 radical (unpaired) electrons. The molecular formula is C114H132Cr4N8O4. The normalized spacial score (nSPS) is 10.3. The third-order valence-electron chi connectivity index (χ3n) is 22.0. The van der Waals surface area contributed by atoms with Crippen molar-refractivity contribution >= 4 is 46.0 Å². The van der Waals surface area contributed by atoms with E-state index in [-0.39, 0.29) is 91.3 Å². The smallest absolute Gasteiger partial charge is 2.00 e. The second-order valence-corrected chi connectivity index (χ2v) is 34.7. The van der Waals surface area contributed by atoms with E-state index in [9.17, 15) is 0 Å². The molecule has 0 aliphatic heterocycles. The van der Waals surface area contributed by atoms with Gasteiger partial charge in [0.1, 0.15) is 0 Å². The van der Waals surface area contributed by atoms with Gasteiger partial charge in [0.2, 0.25) is 0 Å². The Balaban J connectivity index is 0.000000806. The van der Waals surface area contributed by atoms with Crippen molar-refractivity contribution in [3.8, 4) is 45.0 Å². The molecule has 676 valence electrons. The summed E-state index contributed by atoms with van der Waals surface area (Å²) in [5, 5.41) is 20.1. The van der Waals surface area contributed by atoms with Crippen molar-refractivity contribution in [3.05, 3.63) is 400 Å². The SMILES string of the molecule is Cc1cccc(C)c1-c1cccc([N-]c2c(C(C)C)cccc2C(C)C)n1.Cc1cccc(C)c1-c1cccc([N-]c2c(C(C)C)cccc2C(C)C)n1.Cc1cccc(C)c1-c1cccc([N-]c2c(C(C)C)cccc2C(C)C)n1.Cc1cccc(C)c1-c1cccc([N-]c2c(C(C)C)cccc2C(C)C)n1.Cc1ccccc1.Cc1ccccc1.[Cr+3].[Cr+3].[Cr+3].[Cr+3].[O-2].[O-2].[O-2].[O-2]. The first kappa shape index (κ1) is 118. The van der Waals surface area contributed by atoms with Crippen molar-refractivity contribution in [2.75, 3.05) is 0 Å². The van der Waals surface area contributed by atoms with Crippen LogP contribution in [-0.2, 0) is 91.3 Å². The predicted molar refractivity (Wildman–Crippen MR) is 531 cm³/mol. The van der Waals surface area contributed by atoms with Gasteiger partial charge < -0.3 is 63.1 Å². The van der Waals surface area contributed by atoms with E-state index in [0.717, 1.165) is 68.8 Å². The Hall–Kier alpha value is -10.0. The van der Waals surface area contributed by atoms with Gasteiger partial charge in [-0.2, -0.15) is 0 Å². The van der Waals surface area contributed by atoms with E-state index in [2.05, 4.69) is 398 Å². The first-order valence-corrected chi connectivity index (χ1v) is 43.9. The number of hydrogen-bond donors (Lipinski definition) is 0. The minimum Gasteiger partial charge on any atom is -2.00 e. The van der Waals surface area contributed by atoms with Crippen molar-refractivity contribution in [1.82, 2.24) is 19.9 Å². The fraction of sp³-hybridized carbons (Fsp3) is 0.298. The average Bonchev–Trinajstić information content (AvgIpc) is 0.808. The summed E-state index contributed by atoms with van der Waals surface area (Å²) in [5.74, 6) is 6.44. The second-order valence-electron chi connectivity index (χ2n) is 34.7. The summed E-state index contributed by atoms with van der Waals surface area (Å²) in [5.41, 5.74) is 35.9. The summed E-state index contributed by atoms with van der Waals surface area (Å²) in [6, 6.07) is 96.6. The van der Waals surface area contributed by atoms with Crippen molar-refractivity contribution in [1.29, 1.82) is 0 Å². The third-order valence-corrected chi connectivity index (χ3v) is 22.0.